The summed E-state index contributed by atoms with van der Waals surface area (Å²) in [6.45, 7) is 0.352. The predicted molar refractivity (Wildman–Crippen MR) is 87.8 cm³/mol. The summed E-state index contributed by atoms with van der Waals surface area (Å²) in [7, 11) is 1.87. The number of carbonyl (C=O) groups is 1. The minimum atomic E-state index is -0.274. The molecule has 1 amide bonds. The van der Waals surface area contributed by atoms with Crippen molar-refractivity contribution in [3.8, 4) is 0 Å². The standard InChI is InChI=1S/C18H17FN4O/c1-23-11-16(22-12-23)10-21-18(24)14-6-7-20-15(9-14)8-13-4-2-3-5-17(13)19/h2-7,9,11-12H,8,10H2,1H3,(H,21,24). The molecule has 0 fully saturated rings. The summed E-state index contributed by atoms with van der Waals surface area (Å²) < 4.78 is 15.5. The first-order valence-corrected chi connectivity index (χ1v) is 7.55. The highest BCUT2D eigenvalue weighted by Gasteiger charge is 2.09. The maximum Gasteiger partial charge on any atom is 0.251 e. The molecule has 0 saturated heterocycles. The molecule has 1 N–H and O–H groups in total. The lowest BCUT2D eigenvalue weighted by Crippen LogP contribution is -2.23. The van der Waals surface area contributed by atoms with E-state index in [2.05, 4.69) is 15.3 Å². The summed E-state index contributed by atoms with van der Waals surface area (Å²) in [5, 5.41) is 2.81. The van der Waals surface area contributed by atoms with Crippen molar-refractivity contribution >= 4 is 5.91 Å². The summed E-state index contributed by atoms with van der Waals surface area (Å²) in [4.78, 5) is 20.6. The molecule has 0 radical (unpaired) electrons. The quantitative estimate of drug-likeness (QED) is 0.784. The smallest absolute Gasteiger partial charge is 0.251 e. The molecule has 2 aromatic heterocycles. The van der Waals surface area contributed by atoms with Crippen molar-refractivity contribution in [3.05, 3.63) is 83.5 Å². The van der Waals surface area contributed by atoms with Gasteiger partial charge in [-0.3, -0.25) is 9.78 Å². The Kier molecular flexibility index (Phi) is 4.65. The highest BCUT2D eigenvalue weighted by atomic mass is 19.1. The van der Waals surface area contributed by atoms with E-state index < -0.39 is 0 Å². The number of imidazole rings is 1. The van der Waals surface area contributed by atoms with Crippen molar-refractivity contribution in [1.82, 2.24) is 19.9 Å². The number of aryl methyl sites for hydroxylation is 1. The fourth-order valence-electron chi connectivity index (χ4n) is 2.38. The lowest BCUT2D eigenvalue weighted by Gasteiger charge is -2.06. The Hall–Kier alpha value is -3.02. The molecule has 122 valence electrons. The van der Waals surface area contributed by atoms with Crippen LogP contribution in [0.5, 0.6) is 0 Å². The first-order chi connectivity index (χ1) is 11.6. The number of pyridine rings is 1. The average Bonchev–Trinajstić information content (AvgIpc) is 3.00. The number of hydrogen-bond donors (Lipinski definition) is 1. The number of nitrogens with zero attached hydrogens (tertiary/aromatic N) is 3. The molecule has 0 aliphatic rings. The van der Waals surface area contributed by atoms with Gasteiger partial charge in [0.05, 0.1) is 18.6 Å². The molecule has 3 aromatic rings. The van der Waals surface area contributed by atoms with Crippen LogP contribution in [-0.2, 0) is 20.0 Å². The average molecular weight is 324 g/mol. The molecule has 24 heavy (non-hydrogen) atoms. The highest BCUT2D eigenvalue weighted by molar-refractivity contribution is 5.94. The number of hydrogen-bond acceptors (Lipinski definition) is 3. The van der Waals surface area contributed by atoms with Gasteiger partial charge in [-0.05, 0) is 23.8 Å². The van der Waals surface area contributed by atoms with E-state index in [4.69, 9.17) is 0 Å². The van der Waals surface area contributed by atoms with Crippen LogP contribution in [0, 0.1) is 5.82 Å². The molecule has 2 heterocycles. The van der Waals surface area contributed by atoms with Gasteiger partial charge in [-0.25, -0.2) is 9.37 Å². The molecular weight excluding hydrogens is 307 g/mol. The fraction of sp³-hybridized carbons (Fsp3) is 0.167. The molecule has 0 saturated carbocycles. The molecule has 0 aliphatic heterocycles. The van der Waals surface area contributed by atoms with Gasteiger partial charge in [-0.2, -0.15) is 0 Å². The van der Waals surface area contributed by atoms with Crippen LogP contribution >= 0.6 is 0 Å². The van der Waals surface area contributed by atoms with Gasteiger partial charge in [0.25, 0.3) is 5.91 Å². The fourth-order valence-corrected chi connectivity index (χ4v) is 2.38. The zero-order chi connectivity index (χ0) is 16.9. The number of carbonyl (C=O) groups excluding carboxylic acids is 1. The zero-order valence-electron chi connectivity index (χ0n) is 13.2. The van der Waals surface area contributed by atoms with Gasteiger partial charge < -0.3 is 9.88 Å². The molecule has 0 unspecified atom stereocenters. The van der Waals surface area contributed by atoms with Crippen molar-refractivity contribution in [3.63, 3.8) is 0 Å². The topological polar surface area (TPSA) is 59.8 Å². The van der Waals surface area contributed by atoms with Crippen molar-refractivity contribution in [2.45, 2.75) is 13.0 Å². The van der Waals surface area contributed by atoms with Gasteiger partial charge in [0, 0.05) is 37.1 Å². The molecule has 5 nitrogen and oxygen atoms in total. The summed E-state index contributed by atoms with van der Waals surface area (Å²) >= 11 is 0. The number of aromatic nitrogens is 3. The number of benzene rings is 1. The third-order valence-electron chi connectivity index (χ3n) is 3.60. The number of rotatable bonds is 5. The second-order valence-corrected chi connectivity index (χ2v) is 5.52. The monoisotopic (exact) mass is 324 g/mol. The Morgan fingerprint density at radius 1 is 1.21 bits per heavy atom. The molecule has 0 aliphatic carbocycles. The predicted octanol–water partition coefficient (Wildman–Crippen LogP) is 2.48. The molecule has 0 atom stereocenters. The molecule has 0 spiro atoms. The minimum Gasteiger partial charge on any atom is -0.346 e. The summed E-state index contributed by atoms with van der Waals surface area (Å²) in [5.41, 5.74) is 2.47. The van der Waals surface area contributed by atoms with Crippen LogP contribution < -0.4 is 5.32 Å². The largest absolute Gasteiger partial charge is 0.346 e. The Balaban J connectivity index is 1.68. The van der Waals surface area contributed by atoms with Gasteiger partial charge in [0.15, 0.2) is 0 Å². The summed E-state index contributed by atoms with van der Waals surface area (Å²) in [6, 6.07) is 9.87. The van der Waals surface area contributed by atoms with Gasteiger partial charge >= 0.3 is 0 Å². The van der Waals surface area contributed by atoms with Crippen LogP contribution in [0.2, 0.25) is 0 Å². The highest BCUT2D eigenvalue weighted by Crippen LogP contribution is 2.12. The normalized spacial score (nSPS) is 10.6. The molecular formula is C18H17FN4O. The van der Waals surface area contributed by atoms with E-state index in [0.29, 0.717) is 29.8 Å². The van der Waals surface area contributed by atoms with Gasteiger partial charge in [-0.1, -0.05) is 18.2 Å². The van der Waals surface area contributed by atoms with E-state index in [1.54, 1.807) is 42.9 Å². The van der Waals surface area contributed by atoms with E-state index in [0.717, 1.165) is 5.69 Å². The van der Waals surface area contributed by atoms with Crippen LogP contribution in [0.1, 0.15) is 27.3 Å². The molecule has 1 aromatic carbocycles. The van der Waals surface area contributed by atoms with Gasteiger partial charge in [-0.15, -0.1) is 0 Å². The van der Waals surface area contributed by atoms with Crippen LogP contribution in [0.3, 0.4) is 0 Å². The second kappa shape index (κ2) is 7.04. The number of amides is 1. The van der Waals surface area contributed by atoms with E-state index in [9.17, 15) is 9.18 Å². The van der Waals surface area contributed by atoms with Crippen LogP contribution in [0.4, 0.5) is 4.39 Å². The van der Waals surface area contributed by atoms with Crippen LogP contribution in [0.15, 0.2) is 55.1 Å². The lowest BCUT2D eigenvalue weighted by atomic mass is 10.1. The minimum absolute atomic E-state index is 0.210. The number of halogens is 1. The van der Waals surface area contributed by atoms with E-state index >= 15 is 0 Å². The lowest BCUT2D eigenvalue weighted by molar-refractivity contribution is 0.0950. The number of nitrogens with one attached hydrogen (secondary N) is 1. The first-order valence-electron chi connectivity index (χ1n) is 7.55. The van der Waals surface area contributed by atoms with Crippen molar-refractivity contribution < 1.29 is 9.18 Å². The van der Waals surface area contributed by atoms with Crippen molar-refractivity contribution in [2.75, 3.05) is 0 Å². The third-order valence-corrected chi connectivity index (χ3v) is 3.60. The summed E-state index contributed by atoms with van der Waals surface area (Å²) in [5.74, 6) is -0.484. The zero-order valence-corrected chi connectivity index (χ0v) is 13.2. The van der Waals surface area contributed by atoms with Crippen molar-refractivity contribution in [2.24, 2.45) is 7.05 Å². The first kappa shape index (κ1) is 15.9. The van der Waals surface area contributed by atoms with E-state index in [1.165, 1.54) is 6.07 Å². The van der Waals surface area contributed by atoms with E-state index in [1.807, 2.05) is 17.8 Å². The second-order valence-electron chi connectivity index (χ2n) is 5.52. The molecule has 0 bridgehead atoms. The Morgan fingerprint density at radius 3 is 2.79 bits per heavy atom. The molecule has 3 rings (SSSR count). The third kappa shape index (κ3) is 3.84. The SMILES string of the molecule is Cn1cnc(CNC(=O)c2ccnc(Cc3ccccc3F)c2)c1. The maximum atomic E-state index is 13.7. The Labute approximate surface area is 139 Å². The maximum absolute atomic E-state index is 13.7. The van der Waals surface area contributed by atoms with Gasteiger partial charge in [0.2, 0.25) is 0 Å². The van der Waals surface area contributed by atoms with Crippen LogP contribution in [-0.4, -0.2) is 20.4 Å². The van der Waals surface area contributed by atoms with Crippen LogP contribution in [0.25, 0.3) is 0 Å². The van der Waals surface area contributed by atoms with Crippen molar-refractivity contribution in [1.29, 1.82) is 0 Å². The Morgan fingerprint density at radius 2 is 2.04 bits per heavy atom. The molecule has 6 heteroatoms. The summed E-state index contributed by atoms with van der Waals surface area (Å²) in [6.07, 6.45) is 5.43. The van der Waals surface area contributed by atoms with E-state index in [-0.39, 0.29) is 11.7 Å². The van der Waals surface area contributed by atoms with Gasteiger partial charge in [0.1, 0.15) is 5.82 Å². The Bertz CT molecular complexity index is 859.